The van der Waals surface area contributed by atoms with E-state index in [1.54, 1.807) is 23.9 Å². The van der Waals surface area contributed by atoms with Gasteiger partial charge in [0.25, 0.3) is 0 Å². The van der Waals surface area contributed by atoms with Crippen LogP contribution in [0, 0.1) is 5.82 Å². The van der Waals surface area contributed by atoms with Crippen LogP contribution in [-0.4, -0.2) is 42.2 Å². The number of para-hydroxylation sites is 1. The molecular formula is C19H19FN2OS. The SMILES string of the molecule is O=C(C1Cc2ccccc2S1)N1CCN(c2ccccc2F)CC1. The second-order valence-corrected chi connectivity index (χ2v) is 7.43. The zero-order valence-electron chi connectivity index (χ0n) is 13.3. The first-order valence-corrected chi connectivity index (χ1v) is 9.13. The lowest BCUT2D eigenvalue weighted by Crippen LogP contribution is -2.51. The van der Waals surface area contributed by atoms with Crippen LogP contribution in [0.1, 0.15) is 5.56 Å². The molecule has 5 heteroatoms. The number of hydrogen-bond acceptors (Lipinski definition) is 3. The second kappa shape index (κ2) is 6.48. The van der Waals surface area contributed by atoms with Gasteiger partial charge < -0.3 is 9.80 Å². The Morgan fingerprint density at radius 3 is 2.46 bits per heavy atom. The minimum atomic E-state index is -0.195. The molecular weight excluding hydrogens is 323 g/mol. The van der Waals surface area contributed by atoms with Gasteiger partial charge in [-0.1, -0.05) is 30.3 Å². The molecule has 2 aromatic carbocycles. The van der Waals surface area contributed by atoms with E-state index in [1.165, 1.54) is 16.5 Å². The Kier molecular flexibility index (Phi) is 4.19. The lowest BCUT2D eigenvalue weighted by Gasteiger charge is -2.37. The smallest absolute Gasteiger partial charge is 0.236 e. The molecule has 3 nitrogen and oxygen atoms in total. The van der Waals surface area contributed by atoms with E-state index in [0.717, 1.165) is 6.42 Å². The van der Waals surface area contributed by atoms with Crippen molar-refractivity contribution < 1.29 is 9.18 Å². The Morgan fingerprint density at radius 2 is 1.71 bits per heavy atom. The first-order chi connectivity index (χ1) is 11.7. The third kappa shape index (κ3) is 2.88. The number of rotatable bonds is 2. The van der Waals surface area contributed by atoms with Gasteiger partial charge in [0.05, 0.1) is 10.9 Å². The molecule has 1 saturated heterocycles. The molecule has 2 aliphatic rings. The molecule has 2 aliphatic heterocycles. The minimum Gasteiger partial charge on any atom is -0.366 e. The van der Waals surface area contributed by atoms with Crippen molar-refractivity contribution in [2.45, 2.75) is 16.6 Å². The van der Waals surface area contributed by atoms with Crippen molar-refractivity contribution in [2.24, 2.45) is 0 Å². The van der Waals surface area contributed by atoms with E-state index in [1.807, 2.05) is 28.0 Å². The van der Waals surface area contributed by atoms with Crippen molar-refractivity contribution in [3.05, 3.63) is 59.9 Å². The normalized spacial score (nSPS) is 20.1. The molecule has 24 heavy (non-hydrogen) atoms. The summed E-state index contributed by atoms with van der Waals surface area (Å²) in [6.45, 7) is 2.66. The number of carbonyl (C=O) groups excluding carboxylic acids is 1. The van der Waals surface area contributed by atoms with E-state index in [9.17, 15) is 9.18 Å². The number of carbonyl (C=O) groups is 1. The Bertz CT molecular complexity index is 734. The van der Waals surface area contributed by atoms with Crippen molar-refractivity contribution in [1.29, 1.82) is 0 Å². The summed E-state index contributed by atoms with van der Waals surface area (Å²) < 4.78 is 13.9. The molecule has 124 valence electrons. The highest BCUT2D eigenvalue weighted by molar-refractivity contribution is 8.01. The third-order valence-corrected chi connectivity index (χ3v) is 6.01. The fraction of sp³-hybridized carbons (Fsp3) is 0.316. The molecule has 0 spiro atoms. The van der Waals surface area contributed by atoms with E-state index < -0.39 is 0 Å². The molecule has 2 aromatic rings. The van der Waals surface area contributed by atoms with Gasteiger partial charge in [0.15, 0.2) is 0 Å². The molecule has 1 atom stereocenters. The van der Waals surface area contributed by atoms with Gasteiger partial charge in [-0.25, -0.2) is 4.39 Å². The fourth-order valence-electron chi connectivity index (χ4n) is 3.40. The molecule has 0 saturated carbocycles. The zero-order chi connectivity index (χ0) is 16.5. The lowest BCUT2D eigenvalue weighted by atomic mass is 10.1. The van der Waals surface area contributed by atoms with Gasteiger partial charge in [0.1, 0.15) is 5.82 Å². The van der Waals surface area contributed by atoms with Gasteiger partial charge in [0, 0.05) is 31.1 Å². The Morgan fingerprint density at radius 1 is 1.00 bits per heavy atom. The number of amides is 1. The number of nitrogens with zero attached hydrogens (tertiary/aromatic N) is 2. The van der Waals surface area contributed by atoms with Crippen LogP contribution >= 0.6 is 11.8 Å². The van der Waals surface area contributed by atoms with Crippen LogP contribution in [0.15, 0.2) is 53.4 Å². The summed E-state index contributed by atoms with van der Waals surface area (Å²) in [6.07, 6.45) is 0.813. The fourth-order valence-corrected chi connectivity index (χ4v) is 4.68. The van der Waals surface area contributed by atoms with E-state index in [-0.39, 0.29) is 17.0 Å². The summed E-state index contributed by atoms with van der Waals surface area (Å²) in [5, 5.41) is -0.0117. The van der Waals surface area contributed by atoms with Gasteiger partial charge in [-0.3, -0.25) is 4.79 Å². The average molecular weight is 342 g/mol. The molecule has 0 radical (unpaired) electrons. The molecule has 0 aromatic heterocycles. The van der Waals surface area contributed by atoms with Gasteiger partial charge in [-0.15, -0.1) is 11.8 Å². The maximum atomic E-state index is 13.9. The van der Waals surface area contributed by atoms with Crippen LogP contribution in [0.25, 0.3) is 0 Å². The molecule has 1 amide bonds. The third-order valence-electron chi connectivity index (χ3n) is 4.71. The number of thioether (sulfide) groups is 1. The molecule has 0 aliphatic carbocycles. The minimum absolute atomic E-state index is 0.0117. The van der Waals surface area contributed by atoms with E-state index >= 15 is 0 Å². The van der Waals surface area contributed by atoms with Crippen LogP contribution in [0.2, 0.25) is 0 Å². The highest BCUT2D eigenvalue weighted by atomic mass is 32.2. The van der Waals surface area contributed by atoms with E-state index in [2.05, 4.69) is 12.1 Å². The number of benzene rings is 2. The number of halogens is 1. The van der Waals surface area contributed by atoms with Crippen LogP contribution in [0.3, 0.4) is 0 Å². The van der Waals surface area contributed by atoms with Crippen LogP contribution < -0.4 is 4.90 Å². The molecule has 0 N–H and O–H groups in total. The Labute approximate surface area is 145 Å². The number of anilines is 1. The number of hydrogen-bond donors (Lipinski definition) is 0. The number of piperazine rings is 1. The predicted octanol–water partition coefficient (Wildman–Crippen LogP) is 3.19. The monoisotopic (exact) mass is 342 g/mol. The molecule has 0 bridgehead atoms. The predicted molar refractivity (Wildman–Crippen MR) is 95.0 cm³/mol. The standard InChI is InChI=1S/C19H19FN2OS/c20-15-6-2-3-7-16(15)21-9-11-22(12-10-21)19(23)18-13-14-5-1-4-8-17(14)24-18/h1-8,18H,9-13H2. The van der Waals surface area contributed by atoms with Crippen molar-refractivity contribution in [2.75, 3.05) is 31.1 Å². The van der Waals surface area contributed by atoms with Crippen molar-refractivity contribution >= 4 is 23.4 Å². The van der Waals surface area contributed by atoms with Gasteiger partial charge in [0.2, 0.25) is 5.91 Å². The van der Waals surface area contributed by atoms with Gasteiger partial charge >= 0.3 is 0 Å². The number of fused-ring (bicyclic) bond motifs is 1. The topological polar surface area (TPSA) is 23.6 Å². The Hall–Kier alpha value is -2.01. The molecule has 1 unspecified atom stereocenters. The highest BCUT2D eigenvalue weighted by Gasteiger charge is 2.33. The van der Waals surface area contributed by atoms with Crippen molar-refractivity contribution in [3.8, 4) is 0 Å². The van der Waals surface area contributed by atoms with E-state index in [4.69, 9.17) is 0 Å². The lowest BCUT2D eigenvalue weighted by molar-refractivity contribution is -0.130. The van der Waals surface area contributed by atoms with Crippen molar-refractivity contribution in [1.82, 2.24) is 4.90 Å². The summed E-state index contributed by atoms with van der Waals surface area (Å²) >= 11 is 1.67. The summed E-state index contributed by atoms with van der Waals surface area (Å²) in [5.41, 5.74) is 1.90. The first-order valence-electron chi connectivity index (χ1n) is 8.25. The summed E-state index contributed by atoms with van der Waals surface area (Å²) in [6, 6.07) is 15.1. The molecule has 4 rings (SSSR count). The van der Waals surface area contributed by atoms with Gasteiger partial charge in [-0.2, -0.15) is 0 Å². The first kappa shape index (κ1) is 15.5. The maximum absolute atomic E-state index is 13.9. The zero-order valence-corrected chi connectivity index (χ0v) is 14.1. The highest BCUT2D eigenvalue weighted by Crippen LogP contribution is 2.37. The summed E-state index contributed by atoms with van der Waals surface area (Å²) in [7, 11) is 0. The molecule has 2 heterocycles. The summed E-state index contributed by atoms with van der Waals surface area (Å²) in [5.74, 6) is 0.0171. The quantitative estimate of drug-likeness (QED) is 0.837. The second-order valence-electron chi connectivity index (χ2n) is 6.18. The van der Waals surface area contributed by atoms with Crippen LogP contribution in [-0.2, 0) is 11.2 Å². The van der Waals surface area contributed by atoms with Gasteiger partial charge in [-0.05, 0) is 30.2 Å². The van der Waals surface area contributed by atoms with Crippen LogP contribution in [0.4, 0.5) is 10.1 Å². The van der Waals surface area contributed by atoms with Crippen LogP contribution in [0.5, 0.6) is 0 Å². The largest absolute Gasteiger partial charge is 0.366 e. The average Bonchev–Trinajstić information content (AvgIpc) is 3.06. The summed E-state index contributed by atoms with van der Waals surface area (Å²) in [4.78, 5) is 18.0. The maximum Gasteiger partial charge on any atom is 0.236 e. The molecule has 1 fully saturated rings. The Balaban J connectivity index is 1.38. The van der Waals surface area contributed by atoms with Crippen molar-refractivity contribution in [3.63, 3.8) is 0 Å². The van der Waals surface area contributed by atoms with E-state index in [0.29, 0.717) is 31.9 Å².